The lowest BCUT2D eigenvalue weighted by Crippen LogP contribution is -2.18. The van der Waals surface area contributed by atoms with Gasteiger partial charge in [0.1, 0.15) is 5.00 Å². The van der Waals surface area contributed by atoms with Gasteiger partial charge in [-0.3, -0.25) is 4.79 Å². The molecule has 3 rings (SSSR count). The third kappa shape index (κ3) is 4.05. The van der Waals surface area contributed by atoms with E-state index in [0.717, 1.165) is 36.1 Å². The first-order valence-electron chi connectivity index (χ1n) is 8.48. The van der Waals surface area contributed by atoms with Gasteiger partial charge in [-0.1, -0.05) is 23.2 Å². The lowest BCUT2D eigenvalue weighted by Gasteiger charge is -2.14. The van der Waals surface area contributed by atoms with Crippen LogP contribution in [0.1, 0.15) is 57.8 Å². The van der Waals surface area contributed by atoms with Gasteiger partial charge >= 0.3 is 5.97 Å². The van der Waals surface area contributed by atoms with Crippen LogP contribution in [0.3, 0.4) is 0 Å². The molecule has 1 heterocycles. The summed E-state index contributed by atoms with van der Waals surface area (Å²) in [5.74, 6) is -0.763. The smallest absolute Gasteiger partial charge is 0.341 e. The molecule has 1 aromatic carbocycles. The van der Waals surface area contributed by atoms with Crippen molar-refractivity contribution in [1.29, 1.82) is 0 Å². The van der Waals surface area contributed by atoms with Gasteiger partial charge in [0.05, 0.1) is 22.3 Å². The molecular formula is C19H19Cl2NO3S. The van der Waals surface area contributed by atoms with E-state index in [0.29, 0.717) is 21.2 Å². The van der Waals surface area contributed by atoms with Crippen molar-refractivity contribution in [3.63, 3.8) is 0 Å². The molecule has 0 spiro atoms. The molecule has 0 aliphatic heterocycles. The summed E-state index contributed by atoms with van der Waals surface area (Å²) in [6.45, 7) is 3.62. The first kappa shape index (κ1) is 19.2. The van der Waals surface area contributed by atoms with Gasteiger partial charge in [0.15, 0.2) is 0 Å². The Morgan fingerprint density at radius 1 is 1.19 bits per heavy atom. The Kier molecular flexibility index (Phi) is 5.90. The zero-order valence-electron chi connectivity index (χ0n) is 14.5. The molecular weight excluding hydrogens is 393 g/mol. The molecule has 0 saturated carbocycles. The summed E-state index contributed by atoms with van der Waals surface area (Å²) in [5.41, 5.74) is 1.80. The van der Waals surface area contributed by atoms with Gasteiger partial charge in [0.2, 0.25) is 0 Å². The summed E-state index contributed by atoms with van der Waals surface area (Å²) in [6.07, 6.45) is 3.63. The highest BCUT2D eigenvalue weighted by Crippen LogP contribution is 2.39. The number of anilines is 1. The highest BCUT2D eigenvalue weighted by molar-refractivity contribution is 7.17. The van der Waals surface area contributed by atoms with E-state index in [2.05, 4.69) is 5.32 Å². The quantitative estimate of drug-likeness (QED) is 0.651. The van der Waals surface area contributed by atoms with Crippen molar-refractivity contribution in [2.75, 3.05) is 5.32 Å². The Morgan fingerprint density at radius 3 is 2.62 bits per heavy atom. The number of thiophene rings is 1. The number of rotatable bonds is 4. The number of fused-ring (bicyclic) bond motifs is 1. The minimum atomic E-state index is -0.392. The van der Waals surface area contributed by atoms with Crippen molar-refractivity contribution in [1.82, 2.24) is 0 Å². The second-order valence-electron chi connectivity index (χ2n) is 6.45. The molecule has 138 valence electrons. The summed E-state index contributed by atoms with van der Waals surface area (Å²) >= 11 is 13.5. The maximum Gasteiger partial charge on any atom is 0.341 e. The molecule has 0 fully saturated rings. The molecule has 7 heteroatoms. The van der Waals surface area contributed by atoms with Crippen LogP contribution in [0.15, 0.2) is 18.2 Å². The molecule has 1 aliphatic rings. The van der Waals surface area contributed by atoms with Crippen molar-refractivity contribution >= 4 is 51.4 Å². The Bertz CT molecular complexity index is 861. The van der Waals surface area contributed by atoms with E-state index in [1.807, 2.05) is 13.8 Å². The van der Waals surface area contributed by atoms with E-state index in [4.69, 9.17) is 27.9 Å². The summed E-state index contributed by atoms with van der Waals surface area (Å²) in [6, 6.07) is 4.70. The second-order valence-corrected chi connectivity index (χ2v) is 8.40. The van der Waals surface area contributed by atoms with Crippen LogP contribution < -0.4 is 5.32 Å². The van der Waals surface area contributed by atoms with Crippen LogP contribution in [-0.2, 0) is 17.6 Å². The fraction of sp³-hybridized carbons (Fsp3) is 0.368. The largest absolute Gasteiger partial charge is 0.459 e. The SMILES string of the molecule is CC(C)OC(=O)c1c(NC(=O)c2ccc(Cl)cc2Cl)sc2c1CCCC2. The number of carbonyl (C=O) groups is 2. The molecule has 0 radical (unpaired) electrons. The number of hydrogen-bond donors (Lipinski definition) is 1. The Morgan fingerprint density at radius 2 is 1.92 bits per heavy atom. The highest BCUT2D eigenvalue weighted by atomic mass is 35.5. The number of esters is 1. The van der Waals surface area contributed by atoms with Crippen LogP contribution in [0.2, 0.25) is 10.0 Å². The van der Waals surface area contributed by atoms with Crippen LogP contribution in [0.5, 0.6) is 0 Å². The second kappa shape index (κ2) is 7.99. The highest BCUT2D eigenvalue weighted by Gasteiger charge is 2.28. The standard InChI is InChI=1S/C19H19Cl2NO3S/c1-10(2)25-19(24)16-13-5-3-4-6-15(13)26-18(16)22-17(23)12-8-7-11(20)9-14(12)21/h7-10H,3-6H2,1-2H3,(H,22,23). The van der Waals surface area contributed by atoms with Gasteiger partial charge in [-0.05, 0) is 63.3 Å². The first-order valence-corrected chi connectivity index (χ1v) is 10.1. The summed E-state index contributed by atoms with van der Waals surface area (Å²) in [7, 11) is 0. The van der Waals surface area contributed by atoms with Gasteiger partial charge in [-0.15, -0.1) is 11.3 Å². The molecule has 26 heavy (non-hydrogen) atoms. The maximum absolute atomic E-state index is 12.7. The van der Waals surface area contributed by atoms with Crippen molar-refractivity contribution in [2.45, 2.75) is 45.6 Å². The zero-order valence-corrected chi connectivity index (χ0v) is 16.9. The predicted octanol–water partition coefficient (Wildman–Crippen LogP) is 5.75. The molecule has 2 aromatic rings. The number of ether oxygens (including phenoxy) is 1. The number of amides is 1. The molecule has 0 saturated heterocycles. The van der Waals surface area contributed by atoms with Gasteiger partial charge < -0.3 is 10.1 Å². The summed E-state index contributed by atoms with van der Waals surface area (Å²) < 4.78 is 5.40. The third-order valence-corrected chi connectivity index (χ3v) is 5.88. The van der Waals surface area contributed by atoms with Gasteiger partial charge in [-0.25, -0.2) is 4.79 Å². The molecule has 1 aliphatic carbocycles. The average molecular weight is 412 g/mol. The van der Waals surface area contributed by atoms with Crippen LogP contribution >= 0.6 is 34.5 Å². The topological polar surface area (TPSA) is 55.4 Å². The van der Waals surface area contributed by atoms with E-state index in [9.17, 15) is 9.59 Å². The normalized spacial score (nSPS) is 13.4. The number of aryl methyl sites for hydroxylation is 1. The summed E-state index contributed by atoms with van der Waals surface area (Å²) in [4.78, 5) is 26.4. The third-order valence-electron chi connectivity index (χ3n) is 4.12. The van der Waals surface area contributed by atoms with E-state index < -0.39 is 5.97 Å². The van der Waals surface area contributed by atoms with Crippen molar-refractivity contribution in [3.05, 3.63) is 49.8 Å². The monoisotopic (exact) mass is 411 g/mol. The molecule has 0 unspecified atom stereocenters. The van der Waals surface area contributed by atoms with E-state index >= 15 is 0 Å². The van der Waals surface area contributed by atoms with Crippen LogP contribution in [0, 0.1) is 0 Å². The van der Waals surface area contributed by atoms with E-state index in [-0.39, 0.29) is 17.0 Å². The molecule has 0 atom stereocenters. The fourth-order valence-corrected chi connectivity index (χ4v) is 4.75. The van der Waals surface area contributed by atoms with E-state index in [1.54, 1.807) is 12.1 Å². The molecule has 1 aromatic heterocycles. The molecule has 1 N–H and O–H groups in total. The Labute approximate surface area is 166 Å². The summed E-state index contributed by atoms with van der Waals surface area (Å²) in [5, 5.41) is 4.10. The number of hydrogen-bond acceptors (Lipinski definition) is 4. The lowest BCUT2D eigenvalue weighted by molar-refractivity contribution is 0.0378. The van der Waals surface area contributed by atoms with Gasteiger partial charge in [0.25, 0.3) is 5.91 Å². The van der Waals surface area contributed by atoms with Crippen LogP contribution in [-0.4, -0.2) is 18.0 Å². The van der Waals surface area contributed by atoms with Crippen molar-refractivity contribution in [3.8, 4) is 0 Å². The number of carbonyl (C=O) groups excluding carboxylic acids is 2. The fourth-order valence-electron chi connectivity index (χ4n) is 2.99. The lowest BCUT2D eigenvalue weighted by atomic mass is 9.95. The first-order chi connectivity index (χ1) is 12.4. The van der Waals surface area contributed by atoms with Crippen molar-refractivity contribution < 1.29 is 14.3 Å². The number of benzene rings is 1. The van der Waals surface area contributed by atoms with Crippen molar-refractivity contribution in [2.24, 2.45) is 0 Å². The number of halogens is 2. The van der Waals surface area contributed by atoms with Crippen LogP contribution in [0.4, 0.5) is 5.00 Å². The predicted molar refractivity (Wildman–Crippen MR) is 106 cm³/mol. The molecule has 4 nitrogen and oxygen atoms in total. The van der Waals surface area contributed by atoms with Gasteiger partial charge in [0, 0.05) is 9.90 Å². The minimum Gasteiger partial charge on any atom is -0.459 e. The zero-order chi connectivity index (χ0) is 18.8. The van der Waals surface area contributed by atoms with Crippen LogP contribution in [0.25, 0.3) is 0 Å². The number of nitrogens with one attached hydrogen (secondary N) is 1. The Balaban J connectivity index is 1.95. The maximum atomic E-state index is 12.7. The minimum absolute atomic E-state index is 0.226. The molecule has 0 bridgehead atoms. The Hall–Kier alpha value is -1.56. The molecule has 1 amide bonds. The van der Waals surface area contributed by atoms with E-state index in [1.165, 1.54) is 17.4 Å². The van der Waals surface area contributed by atoms with Gasteiger partial charge in [-0.2, -0.15) is 0 Å². The average Bonchev–Trinajstić information content (AvgIpc) is 2.91.